The van der Waals surface area contributed by atoms with E-state index in [-0.39, 0.29) is 30.1 Å². The number of hydrogen-bond acceptors (Lipinski definition) is 9. The van der Waals surface area contributed by atoms with Crippen molar-refractivity contribution in [2.24, 2.45) is 0 Å². The highest BCUT2D eigenvalue weighted by Crippen LogP contribution is 2.44. The van der Waals surface area contributed by atoms with E-state index < -0.39 is 43.8 Å². The third kappa shape index (κ3) is 10.3. The number of rotatable bonds is 11. The third-order valence-electron chi connectivity index (χ3n) is 11.0. The Kier molecular flexibility index (Phi) is 12.6. The number of hydrogen-bond donors (Lipinski definition) is 0. The van der Waals surface area contributed by atoms with Crippen molar-refractivity contribution in [3.8, 4) is 5.75 Å². The molecule has 1 aromatic carbocycles. The maximum atomic E-state index is 15.4. The average molecular weight is 797 g/mol. The molecule has 3 heterocycles. The maximum absolute atomic E-state index is 15.4. The first-order chi connectivity index (χ1) is 25.5. The average Bonchev–Trinajstić information content (AvgIpc) is 3.79. The Balaban J connectivity index is 1.56. The fourth-order valence-corrected chi connectivity index (χ4v) is 9.07. The van der Waals surface area contributed by atoms with E-state index in [2.05, 4.69) is 33.9 Å². The van der Waals surface area contributed by atoms with Crippen LogP contribution in [0.5, 0.6) is 5.75 Å². The highest BCUT2D eigenvalue weighted by molar-refractivity contribution is 7.12. The number of methoxy groups -OCH3 is 1. The molecular formula is C42H64N4O7SSi. The van der Waals surface area contributed by atoms with Gasteiger partial charge in [-0.15, -0.1) is 11.3 Å². The number of ether oxygens (including phenoxy) is 3. The van der Waals surface area contributed by atoms with E-state index in [0.29, 0.717) is 25.1 Å². The molecule has 0 radical (unpaired) electrons. The first-order valence-electron chi connectivity index (χ1n) is 19.7. The third-order valence-corrected chi connectivity index (χ3v) is 16.7. The number of amides is 3. The van der Waals surface area contributed by atoms with E-state index in [1.165, 1.54) is 0 Å². The quantitative estimate of drug-likeness (QED) is 0.164. The van der Waals surface area contributed by atoms with Crippen molar-refractivity contribution in [1.82, 2.24) is 19.7 Å². The molecule has 1 saturated heterocycles. The van der Waals surface area contributed by atoms with Crippen LogP contribution in [-0.2, 0) is 31.7 Å². The van der Waals surface area contributed by atoms with Crippen LogP contribution < -0.4 is 4.74 Å². The number of aryl methyl sites for hydroxylation is 1. The summed E-state index contributed by atoms with van der Waals surface area (Å²) in [5.41, 5.74) is 1.92. The van der Waals surface area contributed by atoms with Crippen molar-refractivity contribution < 1.29 is 33.0 Å². The number of piperazine rings is 1. The van der Waals surface area contributed by atoms with Gasteiger partial charge in [0.05, 0.1) is 29.1 Å². The molecule has 2 aliphatic heterocycles. The normalized spacial score (nSPS) is 19.4. The summed E-state index contributed by atoms with van der Waals surface area (Å²) in [6.45, 7) is 25.7. The number of carbonyl (C=O) groups is 3. The summed E-state index contributed by atoms with van der Waals surface area (Å²) >= 11 is 1.60. The summed E-state index contributed by atoms with van der Waals surface area (Å²) in [4.78, 5) is 54.3. The minimum absolute atomic E-state index is 0.0584. The molecule has 2 atom stereocenters. The van der Waals surface area contributed by atoms with Crippen LogP contribution in [0, 0.1) is 6.92 Å². The van der Waals surface area contributed by atoms with Gasteiger partial charge in [0, 0.05) is 50.5 Å². The number of nitrogens with zero attached hydrogens (tertiary/aromatic N) is 4. The summed E-state index contributed by atoms with van der Waals surface area (Å²) in [6, 6.07) is 4.78. The molecule has 5 rings (SSSR count). The van der Waals surface area contributed by atoms with E-state index in [1.807, 2.05) is 77.8 Å². The molecule has 1 aromatic heterocycles. The number of thiazole rings is 1. The van der Waals surface area contributed by atoms with Gasteiger partial charge in [-0.25, -0.2) is 14.6 Å². The maximum Gasteiger partial charge on any atom is 0.411 e. The predicted octanol–water partition coefficient (Wildman–Crippen LogP) is 8.99. The van der Waals surface area contributed by atoms with Gasteiger partial charge in [-0.2, -0.15) is 0 Å². The molecule has 11 nitrogen and oxygen atoms in total. The van der Waals surface area contributed by atoms with Crippen molar-refractivity contribution in [3.63, 3.8) is 0 Å². The van der Waals surface area contributed by atoms with Crippen LogP contribution in [0.2, 0.25) is 18.1 Å². The zero-order valence-electron chi connectivity index (χ0n) is 35.5. The van der Waals surface area contributed by atoms with Crippen molar-refractivity contribution >= 4 is 43.3 Å². The molecule has 2 aromatic rings. The van der Waals surface area contributed by atoms with Crippen LogP contribution >= 0.6 is 11.3 Å². The smallest absolute Gasteiger partial charge is 0.411 e. The molecule has 0 N–H and O–H groups in total. The first kappa shape index (κ1) is 42.7. The highest BCUT2D eigenvalue weighted by atomic mass is 32.1. The summed E-state index contributed by atoms with van der Waals surface area (Å²) in [7, 11) is -0.210. The Morgan fingerprint density at radius 1 is 0.964 bits per heavy atom. The Morgan fingerprint density at radius 2 is 1.62 bits per heavy atom. The van der Waals surface area contributed by atoms with Gasteiger partial charge in [0.25, 0.3) is 5.91 Å². The van der Waals surface area contributed by atoms with Crippen molar-refractivity contribution in [3.05, 3.63) is 51.0 Å². The lowest BCUT2D eigenvalue weighted by Gasteiger charge is -2.51. The molecule has 3 aliphatic rings. The summed E-state index contributed by atoms with van der Waals surface area (Å²) < 4.78 is 23.9. The Labute approximate surface area is 333 Å². The lowest BCUT2D eigenvalue weighted by molar-refractivity contribution is -0.129. The molecule has 1 unspecified atom stereocenters. The van der Waals surface area contributed by atoms with Crippen LogP contribution in [-0.4, -0.2) is 102 Å². The first-order valence-corrected chi connectivity index (χ1v) is 23.5. The van der Waals surface area contributed by atoms with Crippen molar-refractivity contribution in [1.29, 1.82) is 0 Å². The van der Waals surface area contributed by atoms with E-state index in [0.717, 1.165) is 58.0 Å². The van der Waals surface area contributed by atoms with Gasteiger partial charge in [0.15, 0.2) is 8.32 Å². The van der Waals surface area contributed by atoms with Gasteiger partial charge >= 0.3 is 12.2 Å². The molecule has 304 valence electrons. The van der Waals surface area contributed by atoms with Crippen LogP contribution in [0.4, 0.5) is 9.59 Å². The minimum Gasteiger partial charge on any atom is -0.496 e. The minimum atomic E-state index is -1.86. The van der Waals surface area contributed by atoms with Gasteiger partial charge in [-0.3, -0.25) is 9.69 Å². The van der Waals surface area contributed by atoms with E-state index in [4.69, 9.17) is 23.6 Å². The summed E-state index contributed by atoms with van der Waals surface area (Å²) in [5, 5.41) is 1.12. The number of aromatic nitrogens is 1. The van der Waals surface area contributed by atoms with Gasteiger partial charge in [-0.1, -0.05) is 32.9 Å². The molecule has 0 spiro atoms. The van der Waals surface area contributed by atoms with E-state index >= 15 is 4.79 Å². The second kappa shape index (κ2) is 16.2. The van der Waals surface area contributed by atoms with Gasteiger partial charge in [0.1, 0.15) is 17.0 Å². The number of fused-ring (bicyclic) bond motifs is 2. The van der Waals surface area contributed by atoms with Crippen LogP contribution in [0.3, 0.4) is 0 Å². The van der Waals surface area contributed by atoms with Crippen LogP contribution in [0.1, 0.15) is 109 Å². The molecule has 2 bridgehead atoms. The van der Waals surface area contributed by atoms with Gasteiger partial charge in [0.2, 0.25) is 0 Å². The molecule has 3 amide bonds. The Hall–Kier alpha value is -3.42. The topological polar surface area (TPSA) is 111 Å². The number of benzene rings is 1. The summed E-state index contributed by atoms with van der Waals surface area (Å²) in [6.07, 6.45) is 4.69. The SMILES string of the molecule is COc1cccc(CN(C(=O)C2=C(c3cnc(CCCO[Si](C)(C)C(C)(C)C)s3)CC3CN(C(=O)OC(C)(C)C)C[C@H]2N3C(=O)OC(C)(C)C)C2CC2)c1C. The lowest BCUT2D eigenvalue weighted by atomic mass is 9.83. The lowest BCUT2D eigenvalue weighted by Crippen LogP contribution is -2.66. The monoisotopic (exact) mass is 796 g/mol. The van der Waals surface area contributed by atoms with Crippen LogP contribution in [0.15, 0.2) is 30.0 Å². The zero-order valence-corrected chi connectivity index (χ0v) is 37.3. The fourth-order valence-electron chi connectivity index (χ4n) is 6.96. The van der Waals surface area contributed by atoms with Gasteiger partial charge < -0.3 is 28.4 Å². The largest absolute Gasteiger partial charge is 0.496 e. The molecular weight excluding hydrogens is 733 g/mol. The Bertz CT molecular complexity index is 1770. The molecule has 55 heavy (non-hydrogen) atoms. The second-order valence-corrected chi connectivity index (χ2v) is 24.7. The fraction of sp³-hybridized carbons (Fsp3) is 0.667. The Morgan fingerprint density at radius 3 is 2.22 bits per heavy atom. The molecule has 1 saturated carbocycles. The summed E-state index contributed by atoms with van der Waals surface area (Å²) in [5.74, 6) is 0.630. The zero-order chi connectivity index (χ0) is 40.7. The molecule has 2 fully saturated rings. The van der Waals surface area contributed by atoms with E-state index in [1.54, 1.807) is 28.2 Å². The van der Waals surface area contributed by atoms with Gasteiger partial charge in [-0.05, 0) is 115 Å². The standard InChI is InChI=1S/C42H64N4O7SSi/c1-27-28(16-14-17-33(27)50-11)24-45(29-19-20-29)37(47)36-31(34-23-43-35(54-34)18-15-21-51-55(12,13)42(8,9)10)22-30-25-44(38(48)52-40(2,3)4)26-32(36)46(30)39(49)53-41(5,6)7/h14,16-17,23,29-30,32H,15,18-22,24-26H2,1-13H3/t30?,32-/m1/s1. The molecule has 13 heteroatoms. The highest BCUT2D eigenvalue weighted by Gasteiger charge is 2.51. The predicted molar refractivity (Wildman–Crippen MR) is 220 cm³/mol. The second-order valence-electron chi connectivity index (χ2n) is 18.8. The van der Waals surface area contributed by atoms with Crippen LogP contribution in [0.25, 0.3) is 5.57 Å². The number of carbonyl (C=O) groups excluding carboxylic acids is 3. The van der Waals surface area contributed by atoms with E-state index in [9.17, 15) is 9.59 Å². The van der Waals surface area contributed by atoms with Crippen molar-refractivity contribution in [2.75, 3.05) is 26.8 Å². The van der Waals surface area contributed by atoms with Crippen molar-refractivity contribution in [2.45, 2.75) is 155 Å². The molecule has 1 aliphatic carbocycles.